The maximum Gasteiger partial charge on any atom is 0.233 e. The van der Waals surface area contributed by atoms with Crippen LogP contribution in [0.25, 0.3) is 0 Å². The van der Waals surface area contributed by atoms with Crippen LogP contribution in [0.15, 0.2) is 48.5 Å². The number of anilines is 5. The Balaban J connectivity index is 0.00000240. The summed E-state index contributed by atoms with van der Waals surface area (Å²) in [6.45, 7) is 4.76. The molecule has 7 nitrogen and oxygen atoms in total. The summed E-state index contributed by atoms with van der Waals surface area (Å²) >= 11 is 6.24. The number of aromatic nitrogens is 3. The van der Waals surface area contributed by atoms with E-state index in [1.54, 1.807) is 0 Å². The van der Waals surface area contributed by atoms with E-state index >= 15 is 0 Å². The lowest BCUT2D eigenvalue weighted by molar-refractivity contribution is 0.122. The number of nitrogens with zero attached hydrogens (tertiary/aromatic N) is 4. The Kier molecular flexibility index (Phi) is 7.09. The number of nitrogens with one attached hydrogen (secondary N) is 2. The van der Waals surface area contributed by atoms with Crippen LogP contribution in [0.2, 0.25) is 5.02 Å². The lowest BCUT2D eigenvalue weighted by Crippen LogP contribution is -2.37. The van der Waals surface area contributed by atoms with Crippen molar-refractivity contribution in [3.8, 4) is 0 Å². The highest BCUT2D eigenvalue weighted by Crippen LogP contribution is 2.24. The minimum Gasteiger partial charge on any atom is -0.378 e. The van der Waals surface area contributed by atoms with Gasteiger partial charge in [-0.25, -0.2) is 0 Å². The summed E-state index contributed by atoms with van der Waals surface area (Å²) in [6.07, 6.45) is 0. The van der Waals surface area contributed by atoms with Crippen molar-refractivity contribution in [1.29, 1.82) is 0 Å². The Bertz CT molecular complexity index is 951. The zero-order valence-electron chi connectivity index (χ0n) is 15.9. The minimum atomic E-state index is 0. The molecule has 1 saturated heterocycles. The molecule has 2 N–H and O–H groups in total. The maximum absolute atomic E-state index is 6.24. The molecule has 4 rings (SSSR count). The van der Waals surface area contributed by atoms with Gasteiger partial charge in [0.2, 0.25) is 17.8 Å². The summed E-state index contributed by atoms with van der Waals surface area (Å²) in [5.74, 6) is 1.54. The highest BCUT2D eigenvalue weighted by molar-refractivity contribution is 6.31. The minimum absolute atomic E-state index is 0. The van der Waals surface area contributed by atoms with Gasteiger partial charge in [0.05, 0.1) is 13.2 Å². The van der Waals surface area contributed by atoms with Gasteiger partial charge in [-0.05, 0) is 36.8 Å². The summed E-state index contributed by atoms with van der Waals surface area (Å²) in [6, 6.07) is 15.6. The van der Waals surface area contributed by atoms with Gasteiger partial charge in [-0.3, -0.25) is 0 Å². The Labute approximate surface area is 180 Å². The summed E-state index contributed by atoms with van der Waals surface area (Å²) in [7, 11) is 0. The standard InChI is InChI=1S/C20H21ClN6O.ClH/c1-14-7-8-16(13-17(14)21)23-19-24-18(22-15-5-3-2-4-6-15)25-20(26-19)27-9-11-28-12-10-27;/h2-8,13H,9-12H2,1H3,(H2,22,23,24,25,26);1H. The first kappa shape index (κ1) is 21.1. The third-order valence-corrected chi connectivity index (χ3v) is 4.78. The zero-order valence-corrected chi connectivity index (χ0v) is 17.5. The second kappa shape index (κ2) is 9.73. The van der Waals surface area contributed by atoms with Crippen LogP contribution in [0, 0.1) is 6.92 Å². The first-order valence-corrected chi connectivity index (χ1v) is 9.49. The van der Waals surface area contributed by atoms with E-state index in [9.17, 15) is 0 Å². The molecule has 2 aromatic carbocycles. The van der Waals surface area contributed by atoms with Crippen LogP contribution in [-0.4, -0.2) is 41.3 Å². The van der Waals surface area contributed by atoms with Crippen LogP contribution in [0.4, 0.5) is 29.2 Å². The SMILES string of the molecule is Cc1ccc(Nc2nc(Nc3ccccc3)nc(N3CCOCC3)n2)cc1Cl.Cl. The van der Waals surface area contributed by atoms with Gasteiger partial charge in [-0.1, -0.05) is 35.9 Å². The third-order valence-electron chi connectivity index (χ3n) is 4.38. The molecule has 1 aliphatic rings. The number of morpholine rings is 1. The second-order valence-electron chi connectivity index (χ2n) is 6.46. The summed E-state index contributed by atoms with van der Waals surface area (Å²) in [5, 5.41) is 7.17. The molecule has 1 aliphatic heterocycles. The first-order valence-electron chi connectivity index (χ1n) is 9.11. The summed E-state index contributed by atoms with van der Waals surface area (Å²) in [5.41, 5.74) is 2.75. The summed E-state index contributed by atoms with van der Waals surface area (Å²) < 4.78 is 5.44. The van der Waals surface area contributed by atoms with Crippen molar-refractivity contribution in [1.82, 2.24) is 15.0 Å². The van der Waals surface area contributed by atoms with Crippen molar-refractivity contribution < 1.29 is 4.74 Å². The van der Waals surface area contributed by atoms with Gasteiger partial charge in [0.25, 0.3) is 0 Å². The lowest BCUT2D eigenvalue weighted by Gasteiger charge is -2.27. The molecule has 0 radical (unpaired) electrons. The van der Waals surface area contributed by atoms with Crippen LogP contribution >= 0.6 is 24.0 Å². The molecule has 0 saturated carbocycles. The Morgan fingerprint density at radius 1 is 0.897 bits per heavy atom. The van der Waals surface area contributed by atoms with Crippen LogP contribution in [0.3, 0.4) is 0 Å². The molecular weight excluding hydrogens is 411 g/mol. The Morgan fingerprint density at radius 2 is 1.55 bits per heavy atom. The van der Waals surface area contributed by atoms with Crippen molar-refractivity contribution >= 4 is 53.2 Å². The monoisotopic (exact) mass is 432 g/mol. The van der Waals surface area contributed by atoms with E-state index in [1.165, 1.54) is 0 Å². The number of aryl methyl sites for hydroxylation is 1. The van der Waals surface area contributed by atoms with Gasteiger partial charge in [-0.15, -0.1) is 12.4 Å². The van der Waals surface area contributed by atoms with E-state index in [0.29, 0.717) is 36.1 Å². The molecule has 0 amide bonds. The van der Waals surface area contributed by atoms with E-state index in [4.69, 9.17) is 16.3 Å². The van der Waals surface area contributed by atoms with Crippen molar-refractivity contribution in [2.45, 2.75) is 6.92 Å². The molecule has 1 fully saturated rings. The largest absolute Gasteiger partial charge is 0.378 e. The molecule has 0 aliphatic carbocycles. The molecule has 0 bridgehead atoms. The van der Waals surface area contributed by atoms with Gasteiger partial charge in [-0.2, -0.15) is 15.0 Å². The molecule has 1 aromatic heterocycles. The number of rotatable bonds is 5. The summed E-state index contributed by atoms with van der Waals surface area (Å²) in [4.78, 5) is 15.8. The predicted molar refractivity (Wildman–Crippen MR) is 119 cm³/mol. The molecule has 3 aromatic rings. The van der Waals surface area contributed by atoms with Crippen molar-refractivity contribution in [2.75, 3.05) is 41.8 Å². The molecule has 0 unspecified atom stereocenters. The number of benzene rings is 2. The van der Waals surface area contributed by atoms with Gasteiger partial charge < -0.3 is 20.3 Å². The fourth-order valence-electron chi connectivity index (χ4n) is 2.83. The van der Waals surface area contributed by atoms with Crippen LogP contribution in [0.1, 0.15) is 5.56 Å². The number of para-hydroxylation sites is 1. The predicted octanol–water partition coefficient (Wildman–Crippen LogP) is 4.58. The van der Waals surface area contributed by atoms with Gasteiger partial charge in [0, 0.05) is 29.5 Å². The van der Waals surface area contributed by atoms with Gasteiger partial charge >= 0.3 is 0 Å². The molecular formula is C20H22Cl2N6O. The normalized spacial score (nSPS) is 13.5. The molecule has 0 spiro atoms. The van der Waals surface area contributed by atoms with Crippen molar-refractivity contribution in [3.05, 3.63) is 59.1 Å². The highest BCUT2D eigenvalue weighted by Gasteiger charge is 2.17. The highest BCUT2D eigenvalue weighted by atomic mass is 35.5. The van der Waals surface area contributed by atoms with Crippen molar-refractivity contribution in [3.63, 3.8) is 0 Å². The maximum atomic E-state index is 6.24. The Hall–Kier alpha value is -2.61. The number of halogens is 2. The van der Waals surface area contributed by atoms with E-state index in [-0.39, 0.29) is 12.4 Å². The smallest absolute Gasteiger partial charge is 0.233 e. The van der Waals surface area contributed by atoms with E-state index in [1.807, 2.05) is 55.5 Å². The van der Waals surface area contributed by atoms with E-state index in [0.717, 1.165) is 30.0 Å². The van der Waals surface area contributed by atoms with Gasteiger partial charge in [0.15, 0.2) is 0 Å². The lowest BCUT2D eigenvalue weighted by atomic mass is 10.2. The number of ether oxygens (including phenoxy) is 1. The zero-order chi connectivity index (χ0) is 19.3. The Morgan fingerprint density at radius 3 is 2.21 bits per heavy atom. The quantitative estimate of drug-likeness (QED) is 0.610. The second-order valence-corrected chi connectivity index (χ2v) is 6.87. The molecule has 9 heteroatoms. The van der Waals surface area contributed by atoms with Crippen molar-refractivity contribution in [2.24, 2.45) is 0 Å². The fraction of sp³-hybridized carbons (Fsp3) is 0.250. The third kappa shape index (κ3) is 5.47. The van der Waals surface area contributed by atoms with Crippen LogP contribution in [-0.2, 0) is 4.74 Å². The average Bonchev–Trinajstić information content (AvgIpc) is 2.72. The molecule has 0 atom stereocenters. The average molecular weight is 433 g/mol. The fourth-order valence-corrected chi connectivity index (χ4v) is 3.01. The topological polar surface area (TPSA) is 75.2 Å². The number of hydrogen-bond donors (Lipinski definition) is 2. The van der Waals surface area contributed by atoms with Crippen LogP contribution < -0.4 is 15.5 Å². The van der Waals surface area contributed by atoms with E-state index < -0.39 is 0 Å². The van der Waals surface area contributed by atoms with E-state index in [2.05, 4.69) is 30.5 Å². The number of hydrogen-bond acceptors (Lipinski definition) is 7. The first-order chi connectivity index (χ1) is 13.7. The molecule has 2 heterocycles. The van der Waals surface area contributed by atoms with Gasteiger partial charge in [0.1, 0.15) is 0 Å². The molecule has 29 heavy (non-hydrogen) atoms. The van der Waals surface area contributed by atoms with Crippen LogP contribution in [0.5, 0.6) is 0 Å². The molecule has 152 valence electrons.